The number of hydrogen-bond donors (Lipinski definition) is 1. The Balaban J connectivity index is 2.59. The van der Waals surface area contributed by atoms with E-state index in [1.165, 1.54) is 16.2 Å². The molecule has 0 aliphatic carbocycles. The summed E-state index contributed by atoms with van der Waals surface area (Å²) in [4.78, 5) is 0. The minimum atomic E-state index is 0.102. The van der Waals surface area contributed by atoms with E-state index in [4.69, 9.17) is 9.47 Å². The van der Waals surface area contributed by atoms with Crippen molar-refractivity contribution in [2.75, 3.05) is 14.2 Å². The van der Waals surface area contributed by atoms with Crippen LogP contribution in [-0.2, 0) is 0 Å². The van der Waals surface area contributed by atoms with Gasteiger partial charge in [0.15, 0.2) is 11.5 Å². The van der Waals surface area contributed by atoms with E-state index in [1.54, 1.807) is 25.7 Å². The zero-order chi connectivity index (χ0) is 12.4. The van der Waals surface area contributed by atoms with Gasteiger partial charge in [-0.2, -0.15) is 0 Å². The number of hydrogen-bond acceptors (Lipinski definition) is 5. The van der Waals surface area contributed by atoms with E-state index < -0.39 is 0 Å². The van der Waals surface area contributed by atoms with Crippen LogP contribution in [0.15, 0.2) is 17.5 Å². The van der Waals surface area contributed by atoms with Gasteiger partial charge in [-0.25, -0.2) is 0 Å². The van der Waals surface area contributed by atoms with Gasteiger partial charge in [-0.3, -0.25) is 0 Å². The third kappa shape index (κ3) is 2.03. The SMILES string of the molecule is COc1cc(C)c(-[n+]2nscc2O)cc1OC. The molecule has 5 nitrogen and oxygen atoms in total. The summed E-state index contributed by atoms with van der Waals surface area (Å²) in [5.74, 6) is 1.36. The van der Waals surface area contributed by atoms with Crippen LogP contribution in [0.1, 0.15) is 5.56 Å². The predicted molar refractivity (Wildman–Crippen MR) is 63.2 cm³/mol. The first-order valence-corrected chi connectivity index (χ1v) is 5.79. The Morgan fingerprint density at radius 3 is 2.41 bits per heavy atom. The second-order valence-corrected chi connectivity index (χ2v) is 4.08. The second kappa shape index (κ2) is 4.58. The van der Waals surface area contributed by atoms with Gasteiger partial charge in [0.2, 0.25) is 5.69 Å². The molecule has 90 valence electrons. The number of aromatic nitrogens is 2. The minimum Gasteiger partial charge on any atom is -0.493 e. The van der Waals surface area contributed by atoms with E-state index in [-0.39, 0.29) is 5.88 Å². The molecule has 0 saturated carbocycles. The number of methoxy groups -OCH3 is 2. The van der Waals surface area contributed by atoms with Crippen molar-refractivity contribution >= 4 is 11.5 Å². The Morgan fingerprint density at radius 1 is 1.24 bits per heavy atom. The van der Waals surface area contributed by atoms with Crippen LogP contribution in [0.4, 0.5) is 0 Å². The van der Waals surface area contributed by atoms with Crippen LogP contribution >= 0.6 is 11.5 Å². The van der Waals surface area contributed by atoms with Gasteiger partial charge in [-0.05, 0) is 13.0 Å². The summed E-state index contributed by atoms with van der Waals surface area (Å²) in [5.41, 5.74) is 1.70. The van der Waals surface area contributed by atoms with Crippen LogP contribution in [0.3, 0.4) is 0 Å². The lowest BCUT2D eigenvalue weighted by molar-refractivity contribution is -0.657. The molecule has 0 aliphatic heterocycles. The molecule has 1 aromatic carbocycles. The lowest BCUT2D eigenvalue weighted by Crippen LogP contribution is -2.32. The van der Waals surface area contributed by atoms with Crippen molar-refractivity contribution in [1.29, 1.82) is 0 Å². The molecular formula is C11H13N2O3S+. The highest BCUT2D eigenvalue weighted by Gasteiger charge is 2.22. The third-order valence-corrected chi connectivity index (χ3v) is 3.01. The Hall–Kier alpha value is -1.82. The zero-order valence-corrected chi connectivity index (χ0v) is 10.6. The smallest absolute Gasteiger partial charge is 0.410 e. The van der Waals surface area contributed by atoms with Crippen molar-refractivity contribution in [1.82, 2.24) is 4.49 Å². The fourth-order valence-corrected chi connectivity index (χ4v) is 2.08. The quantitative estimate of drug-likeness (QED) is 0.841. The fraction of sp³-hybridized carbons (Fsp3) is 0.273. The van der Waals surface area contributed by atoms with Crippen molar-refractivity contribution in [3.05, 3.63) is 23.1 Å². The van der Waals surface area contributed by atoms with Gasteiger partial charge >= 0.3 is 5.88 Å². The summed E-state index contributed by atoms with van der Waals surface area (Å²) >= 11 is 1.18. The molecule has 1 N–H and O–H groups in total. The summed E-state index contributed by atoms with van der Waals surface area (Å²) in [6, 6.07) is 3.63. The van der Waals surface area contributed by atoms with E-state index in [2.05, 4.69) is 4.49 Å². The number of aromatic hydroxyl groups is 1. The van der Waals surface area contributed by atoms with Crippen LogP contribution in [0.2, 0.25) is 0 Å². The number of rotatable bonds is 3. The number of nitrogens with zero attached hydrogens (tertiary/aromatic N) is 2. The average Bonchev–Trinajstić information content (AvgIpc) is 2.75. The molecular weight excluding hydrogens is 240 g/mol. The largest absolute Gasteiger partial charge is 0.493 e. The molecule has 1 heterocycles. The molecule has 2 aromatic rings. The molecule has 17 heavy (non-hydrogen) atoms. The van der Waals surface area contributed by atoms with E-state index in [9.17, 15) is 5.11 Å². The maximum atomic E-state index is 9.66. The van der Waals surface area contributed by atoms with Crippen LogP contribution in [0.25, 0.3) is 5.69 Å². The molecule has 0 bridgehead atoms. The Labute approximate surface area is 103 Å². The molecule has 0 radical (unpaired) electrons. The van der Waals surface area contributed by atoms with Crippen LogP contribution in [-0.4, -0.2) is 23.8 Å². The molecule has 2 rings (SSSR count). The molecule has 1 aromatic heterocycles. The standard InChI is InChI=1S/C11H12N2O3S/c1-7-4-9(15-2)10(16-3)5-8(7)13-11(14)6-17-12-13/h4-6H,1-3H3/p+1. The average molecular weight is 253 g/mol. The first kappa shape index (κ1) is 11.7. The molecule has 0 saturated heterocycles. The summed E-state index contributed by atoms with van der Waals surface area (Å²) in [6.07, 6.45) is 0. The topological polar surface area (TPSA) is 55.5 Å². The van der Waals surface area contributed by atoms with Crippen molar-refractivity contribution in [3.63, 3.8) is 0 Å². The second-order valence-electron chi connectivity index (χ2n) is 3.47. The molecule has 6 heteroatoms. The van der Waals surface area contributed by atoms with Crippen molar-refractivity contribution in [2.45, 2.75) is 6.92 Å². The van der Waals surface area contributed by atoms with Crippen molar-refractivity contribution in [2.24, 2.45) is 0 Å². The van der Waals surface area contributed by atoms with Gasteiger partial charge in [0.1, 0.15) is 5.38 Å². The summed E-state index contributed by atoms with van der Waals surface area (Å²) < 4.78 is 16.0. The van der Waals surface area contributed by atoms with Crippen LogP contribution in [0.5, 0.6) is 17.4 Å². The molecule has 0 amide bonds. The van der Waals surface area contributed by atoms with Gasteiger partial charge in [0, 0.05) is 21.8 Å². The monoisotopic (exact) mass is 253 g/mol. The van der Waals surface area contributed by atoms with Crippen LogP contribution < -0.4 is 14.2 Å². The molecule has 0 unspecified atom stereocenters. The molecule has 0 atom stereocenters. The zero-order valence-electron chi connectivity index (χ0n) is 9.80. The van der Waals surface area contributed by atoms with Gasteiger partial charge in [-0.15, -0.1) is 0 Å². The van der Waals surface area contributed by atoms with E-state index in [0.717, 1.165) is 11.3 Å². The normalized spacial score (nSPS) is 10.3. The van der Waals surface area contributed by atoms with Crippen molar-refractivity contribution in [3.8, 4) is 23.1 Å². The highest BCUT2D eigenvalue weighted by atomic mass is 32.1. The summed E-state index contributed by atoms with van der Waals surface area (Å²) in [5, 5.41) is 11.2. The van der Waals surface area contributed by atoms with Gasteiger partial charge in [-0.1, -0.05) is 0 Å². The summed E-state index contributed by atoms with van der Waals surface area (Å²) in [7, 11) is 3.16. The minimum absolute atomic E-state index is 0.102. The number of benzene rings is 1. The highest BCUT2D eigenvalue weighted by Crippen LogP contribution is 2.30. The lowest BCUT2D eigenvalue weighted by Gasteiger charge is -2.08. The maximum absolute atomic E-state index is 9.66. The maximum Gasteiger partial charge on any atom is 0.410 e. The number of aryl methyl sites for hydroxylation is 1. The van der Waals surface area contributed by atoms with Gasteiger partial charge < -0.3 is 14.6 Å². The number of ether oxygens (including phenoxy) is 2. The Morgan fingerprint density at radius 2 is 1.88 bits per heavy atom. The van der Waals surface area contributed by atoms with E-state index >= 15 is 0 Å². The molecule has 0 fully saturated rings. The first-order chi connectivity index (χ1) is 8.17. The lowest BCUT2D eigenvalue weighted by atomic mass is 10.1. The molecule has 0 spiro atoms. The highest BCUT2D eigenvalue weighted by molar-refractivity contribution is 7.03. The third-order valence-electron chi connectivity index (χ3n) is 2.43. The first-order valence-electron chi connectivity index (χ1n) is 4.96. The Bertz CT molecular complexity index is 540. The summed E-state index contributed by atoms with van der Waals surface area (Å²) in [6.45, 7) is 1.92. The van der Waals surface area contributed by atoms with E-state index in [0.29, 0.717) is 11.5 Å². The fourth-order valence-electron chi connectivity index (χ4n) is 1.58. The Kier molecular flexibility index (Phi) is 3.14. The van der Waals surface area contributed by atoms with Gasteiger partial charge in [0.05, 0.1) is 24.8 Å². The predicted octanol–water partition coefficient (Wildman–Crippen LogP) is 1.45. The van der Waals surface area contributed by atoms with Crippen LogP contribution in [0, 0.1) is 6.92 Å². The molecule has 0 aliphatic rings. The van der Waals surface area contributed by atoms with Crippen molar-refractivity contribution < 1.29 is 19.3 Å². The van der Waals surface area contributed by atoms with E-state index in [1.807, 2.05) is 13.0 Å². The van der Waals surface area contributed by atoms with Gasteiger partial charge in [0.25, 0.3) is 0 Å².